The zero-order valence-electron chi connectivity index (χ0n) is 13.0. The number of rotatable bonds is 3. The molecule has 0 aliphatic carbocycles. The number of nitrogens with one attached hydrogen (secondary N) is 1. The molecule has 0 radical (unpaired) electrons. The maximum absolute atomic E-state index is 9.67. The molecular weight excluding hydrogens is 318 g/mol. The van der Waals surface area contributed by atoms with Crippen molar-refractivity contribution in [2.24, 2.45) is 0 Å². The number of phenols is 1. The van der Waals surface area contributed by atoms with Crippen molar-refractivity contribution in [2.45, 2.75) is 6.92 Å². The van der Waals surface area contributed by atoms with Crippen molar-refractivity contribution < 1.29 is 5.11 Å². The van der Waals surface area contributed by atoms with Crippen molar-refractivity contribution in [1.29, 1.82) is 0 Å². The molecule has 4 aromatic rings. The van der Waals surface area contributed by atoms with Gasteiger partial charge in [0.15, 0.2) is 0 Å². The van der Waals surface area contributed by atoms with Crippen LogP contribution in [0.4, 0.5) is 11.5 Å². The molecule has 0 bridgehead atoms. The van der Waals surface area contributed by atoms with E-state index in [0.717, 1.165) is 32.8 Å². The number of nitrogens with zero attached hydrogens (tertiary/aromatic N) is 2. The molecular formula is C19H15N3OS. The molecule has 118 valence electrons. The van der Waals surface area contributed by atoms with E-state index >= 15 is 0 Å². The SMILES string of the molecule is Cc1sc2ncnc(Nc3cccc(O)c3)c2c1-c1ccccc1. The Kier molecular flexibility index (Phi) is 3.63. The fourth-order valence-corrected chi connectivity index (χ4v) is 3.82. The Bertz CT molecular complexity index is 1010. The summed E-state index contributed by atoms with van der Waals surface area (Å²) in [5.74, 6) is 0.962. The third-order valence-corrected chi connectivity index (χ3v) is 4.85. The Morgan fingerprint density at radius 1 is 1.00 bits per heavy atom. The number of fused-ring (bicyclic) bond motifs is 1. The van der Waals surface area contributed by atoms with Crippen LogP contribution in [0.5, 0.6) is 5.75 Å². The molecule has 0 fully saturated rings. The van der Waals surface area contributed by atoms with Gasteiger partial charge in [0.1, 0.15) is 22.7 Å². The molecule has 4 rings (SSSR count). The van der Waals surface area contributed by atoms with Gasteiger partial charge in [0.25, 0.3) is 0 Å². The molecule has 0 aliphatic heterocycles. The summed E-state index contributed by atoms with van der Waals surface area (Å²) < 4.78 is 0. The third-order valence-electron chi connectivity index (χ3n) is 3.84. The van der Waals surface area contributed by atoms with Gasteiger partial charge in [-0.25, -0.2) is 9.97 Å². The van der Waals surface area contributed by atoms with Gasteiger partial charge in [0, 0.05) is 22.2 Å². The lowest BCUT2D eigenvalue weighted by Crippen LogP contribution is -1.95. The van der Waals surface area contributed by atoms with Gasteiger partial charge < -0.3 is 10.4 Å². The highest BCUT2D eigenvalue weighted by molar-refractivity contribution is 7.19. The molecule has 0 atom stereocenters. The number of phenolic OH excluding ortho intramolecular Hbond substituents is 1. The van der Waals surface area contributed by atoms with Crippen molar-refractivity contribution in [2.75, 3.05) is 5.32 Å². The number of hydrogen-bond donors (Lipinski definition) is 2. The van der Waals surface area contributed by atoms with Crippen LogP contribution in [0.3, 0.4) is 0 Å². The summed E-state index contributed by atoms with van der Waals surface area (Å²) in [5, 5.41) is 14.0. The molecule has 2 aromatic carbocycles. The van der Waals surface area contributed by atoms with E-state index in [2.05, 4.69) is 34.3 Å². The largest absolute Gasteiger partial charge is 0.508 e. The summed E-state index contributed by atoms with van der Waals surface area (Å²) in [5.41, 5.74) is 3.09. The number of aryl methyl sites for hydroxylation is 1. The molecule has 24 heavy (non-hydrogen) atoms. The first-order valence-electron chi connectivity index (χ1n) is 7.58. The number of anilines is 2. The minimum Gasteiger partial charge on any atom is -0.508 e. The average molecular weight is 333 g/mol. The van der Waals surface area contributed by atoms with Crippen LogP contribution in [0.2, 0.25) is 0 Å². The zero-order chi connectivity index (χ0) is 16.5. The third kappa shape index (κ3) is 2.59. The topological polar surface area (TPSA) is 58.0 Å². The Balaban J connectivity index is 1.90. The predicted octanol–water partition coefficient (Wildman–Crippen LogP) is 5.12. The van der Waals surface area contributed by atoms with E-state index in [1.165, 1.54) is 4.88 Å². The fourth-order valence-electron chi connectivity index (χ4n) is 2.81. The number of hydrogen-bond acceptors (Lipinski definition) is 5. The van der Waals surface area contributed by atoms with Gasteiger partial charge in [-0.15, -0.1) is 11.3 Å². The molecule has 5 heteroatoms. The van der Waals surface area contributed by atoms with E-state index in [0.29, 0.717) is 0 Å². The Labute approximate surface area is 143 Å². The highest BCUT2D eigenvalue weighted by atomic mass is 32.1. The van der Waals surface area contributed by atoms with Crippen LogP contribution in [-0.2, 0) is 0 Å². The van der Waals surface area contributed by atoms with Gasteiger partial charge in [0.05, 0.1) is 5.39 Å². The lowest BCUT2D eigenvalue weighted by molar-refractivity contribution is 0.475. The maximum atomic E-state index is 9.67. The average Bonchev–Trinajstić information content (AvgIpc) is 2.93. The molecule has 0 amide bonds. The summed E-state index contributed by atoms with van der Waals surface area (Å²) in [6, 6.07) is 17.3. The van der Waals surface area contributed by atoms with Crippen molar-refractivity contribution in [3.63, 3.8) is 0 Å². The first-order chi connectivity index (χ1) is 11.7. The van der Waals surface area contributed by atoms with Crippen molar-refractivity contribution in [1.82, 2.24) is 9.97 Å². The van der Waals surface area contributed by atoms with E-state index in [1.807, 2.05) is 24.3 Å². The van der Waals surface area contributed by atoms with Crippen molar-refractivity contribution in [3.05, 3.63) is 65.8 Å². The van der Waals surface area contributed by atoms with Gasteiger partial charge >= 0.3 is 0 Å². The van der Waals surface area contributed by atoms with Crippen molar-refractivity contribution in [3.8, 4) is 16.9 Å². The van der Waals surface area contributed by atoms with Crippen LogP contribution in [0.25, 0.3) is 21.3 Å². The number of benzene rings is 2. The summed E-state index contributed by atoms with van der Waals surface area (Å²) in [4.78, 5) is 11.0. The predicted molar refractivity (Wildman–Crippen MR) is 99.0 cm³/mol. The van der Waals surface area contributed by atoms with Crippen LogP contribution in [-0.4, -0.2) is 15.1 Å². The minimum atomic E-state index is 0.218. The van der Waals surface area contributed by atoms with Crippen LogP contribution in [0.1, 0.15) is 4.88 Å². The summed E-state index contributed by atoms with van der Waals surface area (Å²) in [7, 11) is 0. The Morgan fingerprint density at radius 2 is 1.83 bits per heavy atom. The highest BCUT2D eigenvalue weighted by Gasteiger charge is 2.16. The Hall–Kier alpha value is -2.92. The lowest BCUT2D eigenvalue weighted by Gasteiger charge is -2.09. The summed E-state index contributed by atoms with van der Waals surface area (Å²) in [6.45, 7) is 2.10. The number of aromatic nitrogens is 2. The van der Waals surface area contributed by atoms with Gasteiger partial charge in [-0.2, -0.15) is 0 Å². The van der Waals surface area contributed by atoms with Gasteiger partial charge in [-0.05, 0) is 24.6 Å². The summed E-state index contributed by atoms with van der Waals surface area (Å²) in [6.07, 6.45) is 1.57. The minimum absolute atomic E-state index is 0.218. The van der Waals surface area contributed by atoms with Crippen LogP contribution >= 0.6 is 11.3 Å². The molecule has 0 aliphatic rings. The Morgan fingerprint density at radius 3 is 2.62 bits per heavy atom. The van der Waals surface area contributed by atoms with Crippen LogP contribution in [0, 0.1) is 6.92 Å². The normalized spacial score (nSPS) is 10.9. The molecule has 0 spiro atoms. The molecule has 4 nitrogen and oxygen atoms in total. The monoisotopic (exact) mass is 333 g/mol. The standard InChI is InChI=1S/C19H15N3OS/c1-12-16(13-6-3-2-4-7-13)17-18(20-11-21-19(17)24-12)22-14-8-5-9-15(23)10-14/h2-11,23H,1H3,(H,20,21,22). The second kappa shape index (κ2) is 5.94. The van der Waals surface area contributed by atoms with E-state index in [9.17, 15) is 5.11 Å². The fraction of sp³-hybridized carbons (Fsp3) is 0.0526. The number of aromatic hydroxyl groups is 1. The molecule has 0 unspecified atom stereocenters. The first kappa shape index (κ1) is 14.7. The second-order valence-electron chi connectivity index (χ2n) is 5.48. The summed E-state index contributed by atoms with van der Waals surface area (Å²) >= 11 is 1.66. The zero-order valence-corrected chi connectivity index (χ0v) is 13.8. The van der Waals surface area contributed by atoms with E-state index in [4.69, 9.17) is 0 Å². The van der Waals surface area contributed by atoms with E-state index < -0.39 is 0 Å². The van der Waals surface area contributed by atoms with Crippen LogP contribution < -0.4 is 5.32 Å². The molecule has 2 aromatic heterocycles. The van der Waals surface area contributed by atoms with Crippen LogP contribution in [0.15, 0.2) is 60.9 Å². The molecule has 2 heterocycles. The van der Waals surface area contributed by atoms with Gasteiger partial charge in [-0.3, -0.25) is 0 Å². The smallest absolute Gasteiger partial charge is 0.143 e. The van der Waals surface area contributed by atoms with Gasteiger partial charge in [0.2, 0.25) is 0 Å². The second-order valence-corrected chi connectivity index (χ2v) is 6.68. The lowest BCUT2D eigenvalue weighted by atomic mass is 10.0. The molecule has 2 N–H and O–H groups in total. The van der Waals surface area contributed by atoms with E-state index in [1.54, 1.807) is 35.9 Å². The first-order valence-corrected chi connectivity index (χ1v) is 8.39. The molecule has 0 saturated heterocycles. The van der Waals surface area contributed by atoms with E-state index in [-0.39, 0.29) is 5.75 Å². The molecule has 0 saturated carbocycles. The maximum Gasteiger partial charge on any atom is 0.143 e. The van der Waals surface area contributed by atoms with Crippen molar-refractivity contribution >= 4 is 33.1 Å². The quantitative estimate of drug-likeness (QED) is 0.546. The highest BCUT2D eigenvalue weighted by Crippen LogP contribution is 2.40. The van der Waals surface area contributed by atoms with Gasteiger partial charge in [-0.1, -0.05) is 36.4 Å². The number of thiophene rings is 1.